The first-order valence-corrected chi connectivity index (χ1v) is 8.33. The summed E-state index contributed by atoms with van der Waals surface area (Å²) in [6, 6.07) is 5.59. The number of nitrogens with one attached hydrogen (secondary N) is 1. The average molecular weight is 463 g/mol. The summed E-state index contributed by atoms with van der Waals surface area (Å²) >= 11 is 0. The zero-order valence-corrected chi connectivity index (χ0v) is 18.2. The van der Waals surface area contributed by atoms with Crippen molar-refractivity contribution >= 4 is 43.2 Å². The van der Waals surface area contributed by atoms with Crippen LogP contribution < -0.4 is 10.2 Å². The Morgan fingerprint density at radius 1 is 1.14 bits per heavy atom. The van der Waals surface area contributed by atoms with Crippen molar-refractivity contribution in [3.8, 4) is 28.4 Å². The standard InChI is InChI=1S/C16H19N9O.3ClH/c1-17-11-5-6-25(9-11)16-18-8-13(19-21-16)12-4-3-10(7-14(12)26)15-20-23-24(2)22-15;;;/h3-4,7-8,11,17,26H,5-6,9H2,1-2H3;3*1H. The predicted octanol–water partition coefficient (Wildman–Crippen LogP) is 1.50. The maximum absolute atomic E-state index is 10.4. The summed E-state index contributed by atoms with van der Waals surface area (Å²) in [6.07, 6.45) is 2.69. The molecule has 13 heteroatoms. The molecule has 0 saturated carbocycles. The van der Waals surface area contributed by atoms with Gasteiger partial charge in [0.05, 0.1) is 13.2 Å². The topological polar surface area (TPSA) is 118 Å². The lowest BCUT2D eigenvalue weighted by molar-refractivity contribution is 0.477. The quantitative estimate of drug-likeness (QED) is 0.594. The number of tetrazole rings is 1. The van der Waals surface area contributed by atoms with Gasteiger partial charge in [0.2, 0.25) is 11.8 Å². The third kappa shape index (κ3) is 5.21. The minimum Gasteiger partial charge on any atom is -0.507 e. The summed E-state index contributed by atoms with van der Waals surface area (Å²) in [7, 11) is 3.64. The van der Waals surface area contributed by atoms with Crippen LogP contribution in [0.1, 0.15) is 6.42 Å². The molecule has 4 rings (SSSR count). The third-order valence-corrected chi connectivity index (χ3v) is 4.47. The van der Waals surface area contributed by atoms with Crippen LogP contribution in [0.15, 0.2) is 24.4 Å². The molecule has 0 bridgehead atoms. The highest BCUT2D eigenvalue weighted by atomic mass is 35.5. The van der Waals surface area contributed by atoms with Crippen molar-refractivity contribution in [3.05, 3.63) is 24.4 Å². The van der Waals surface area contributed by atoms with E-state index in [4.69, 9.17) is 0 Å². The Balaban J connectivity index is 0.00000140. The number of phenols is 1. The Morgan fingerprint density at radius 2 is 1.93 bits per heavy atom. The van der Waals surface area contributed by atoms with E-state index in [2.05, 4.69) is 40.8 Å². The molecule has 1 aliphatic rings. The minimum absolute atomic E-state index is 0. The number of aromatic nitrogens is 7. The van der Waals surface area contributed by atoms with Gasteiger partial charge in [-0.1, -0.05) is 6.07 Å². The molecule has 29 heavy (non-hydrogen) atoms. The van der Waals surface area contributed by atoms with Crippen molar-refractivity contribution in [3.63, 3.8) is 0 Å². The molecule has 3 heterocycles. The molecule has 0 spiro atoms. The van der Waals surface area contributed by atoms with E-state index in [1.54, 1.807) is 31.4 Å². The fourth-order valence-electron chi connectivity index (χ4n) is 3.00. The van der Waals surface area contributed by atoms with Crippen molar-refractivity contribution < 1.29 is 5.11 Å². The fraction of sp³-hybridized carbons (Fsp3) is 0.375. The summed E-state index contributed by atoms with van der Waals surface area (Å²) in [5.74, 6) is 1.11. The Labute approximate surface area is 186 Å². The number of nitrogens with zero attached hydrogens (tertiary/aromatic N) is 8. The van der Waals surface area contributed by atoms with E-state index in [1.807, 2.05) is 7.05 Å². The lowest BCUT2D eigenvalue weighted by atomic mass is 10.1. The van der Waals surface area contributed by atoms with E-state index in [-0.39, 0.29) is 43.0 Å². The second-order valence-electron chi connectivity index (χ2n) is 6.20. The molecule has 10 nitrogen and oxygen atoms in total. The monoisotopic (exact) mass is 461 g/mol. The van der Waals surface area contributed by atoms with Gasteiger partial charge in [0, 0.05) is 30.3 Å². The molecule has 1 fully saturated rings. The molecule has 1 aliphatic heterocycles. The summed E-state index contributed by atoms with van der Waals surface area (Å²) in [5.41, 5.74) is 1.74. The third-order valence-electron chi connectivity index (χ3n) is 4.47. The summed E-state index contributed by atoms with van der Waals surface area (Å²) < 4.78 is 0. The van der Waals surface area contributed by atoms with Crippen LogP contribution in [0.25, 0.3) is 22.6 Å². The average Bonchev–Trinajstić information content (AvgIpc) is 3.31. The Bertz CT molecular complexity index is 922. The fourth-order valence-corrected chi connectivity index (χ4v) is 3.00. The van der Waals surface area contributed by atoms with E-state index in [0.29, 0.717) is 34.6 Å². The van der Waals surface area contributed by atoms with Gasteiger partial charge in [-0.25, -0.2) is 4.98 Å². The number of halogens is 3. The van der Waals surface area contributed by atoms with E-state index in [1.165, 1.54) is 4.80 Å². The molecular weight excluding hydrogens is 441 g/mol. The molecular formula is C16H22Cl3N9O. The van der Waals surface area contributed by atoms with E-state index in [0.717, 1.165) is 19.5 Å². The van der Waals surface area contributed by atoms with Gasteiger partial charge in [0.25, 0.3) is 0 Å². The van der Waals surface area contributed by atoms with Gasteiger partial charge in [0.1, 0.15) is 11.4 Å². The summed E-state index contributed by atoms with van der Waals surface area (Å²) in [5, 5.41) is 33.9. The predicted molar refractivity (Wildman–Crippen MR) is 116 cm³/mol. The van der Waals surface area contributed by atoms with Crippen molar-refractivity contribution in [1.29, 1.82) is 0 Å². The minimum atomic E-state index is 0. The molecule has 0 aliphatic carbocycles. The number of rotatable bonds is 4. The number of phenolic OH excluding ortho intramolecular Hbond substituents is 1. The van der Waals surface area contributed by atoms with Crippen molar-refractivity contribution in [2.24, 2.45) is 7.05 Å². The molecule has 1 saturated heterocycles. The largest absolute Gasteiger partial charge is 0.507 e. The molecule has 158 valence electrons. The van der Waals surface area contributed by atoms with Crippen molar-refractivity contribution in [2.45, 2.75) is 12.5 Å². The molecule has 3 aromatic rings. The van der Waals surface area contributed by atoms with Crippen molar-refractivity contribution in [2.75, 3.05) is 25.0 Å². The van der Waals surface area contributed by atoms with E-state index < -0.39 is 0 Å². The van der Waals surface area contributed by atoms with Crippen LogP contribution in [-0.2, 0) is 7.05 Å². The maximum atomic E-state index is 10.4. The highest BCUT2D eigenvalue weighted by Gasteiger charge is 2.23. The van der Waals surface area contributed by atoms with Gasteiger partial charge < -0.3 is 15.3 Å². The second-order valence-corrected chi connectivity index (χ2v) is 6.20. The van der Waals surface area contributed by atoms with Gasteiger partial charge in [0.15, 0.2) is 0 Å². The number of hydrogen-bond acceptors (Lipinski definition) is 9. The number of aryl methyl sites for hydroxylation is 1. The number of anilines is 1. The first-order chi connectivity index (χ1) is 12.6. The summed E-state index contributed by atoms with van der Waals surface area (Å²) in [4.78, 5) is 7.87. The Morgan fingerprint density at radius 3 is 2.48 bits per heavy atom. The van der Waals surface area contributed by atoms with Gasteiger partial charge >= 0.3 is 0 Å². The van der Waals surface area contributed by atoms with Crippen molar-refractivity contribution in [1.82, 2.24) is 40.7 Å². The van der Waals surface area contributed by atoms with Gasteiger partial charge in [-0.15, -0.1) is 57.6 Å². The number of likely N-dealkylation sites (N-methyl/N-ethyl adjacent to an activating group) is 1. The molecule has 1 unspecified atom stereocenters. The number of benzene rings is 1. The van der Waals surface area contributed by atoms with Crippen LogP contribution >= 0.6 is 37.2 Å². The molecule has 1 atom stereocenters. The molecule has 1 aromatic carbocycles. The first-order valence-electron chi connectivity index (χ1n) is 8.33. The maximum Gasteiger partial charge on any atom is 0.245 e. The smallest absolute Gasteiger partial charge is 0.245 e. The van der Waals surface area contributed by atoms with Crippen LogP contribution in [0.4, 0.5) is 5.95 Å². The Kier molecular flexibility index (Phi) is 8.96. The zero-order valence-electron chi connectivity index (χ0n) is 15.8. The summed E-state index contributed by atoms with van der Waals surface area (Å²) in [6.45, 7) is 1.76. The second kappa shape index (κ2) is 10.5. The lowest BCUT2D eigenvalue weighted by Crippen LogP contribution is -2.30. The molecule has 2 aromatic heterocycles. The Hall–Kier alpha value is -2.27. The van der Waals surface area contributed by atoms with Crippen LogP contribution in [0.2, 0.25) is 0 Å². The van der Waals surface area contributed by atoms with Crippen LogP contribution in [-0.4, -0.2) is 66.7 Å². The van der Waals surface area contributed by atoms with Gasteiger partial charge in [-0.3, -0.25) is 0 Å². The van der Waals surface area contributed by atoms with Crippen LogP contribution in [0.3, 0.4) is 0 Å². The highest BCUT2D eigenvalue weighted by molar-refractivity contribution is 5.86. The zero-order chi connectivity index (χ0) is 18.1. The van der Waals surface area contributed by atoms with Gasteiger partial charge in [-0.2, -0.15) is 4.80 Å². The highest BCUT2D eigenvalue weighted by Crippen LogP contribution is 2.31. The first kappa shape index (κ1) is 24.8. The van der Waals surface area contributed by atoms with Gasteiger partial charge in [-0.05, 0) is 30.8 Å². The van der Waals surface area contributed by atoms with E-state index in [9.17, 15) is 5.11 Å². The van der Waals surface area contributed by atoms with Crippen LogP contribution in [0, 0.1) is 0 Å². The lowest BCUT2D eigenvalue weighted by Gasteiger charge is -2.15. The SMILES string of the molecule is CNC1CCN(c2ncc(-c3ccc(-c4nnn(C)n4)cc3O)nn2)C1.Cl.Cl.Cl. The normalized spacial score (nSPS) is 15.2. The molecule has 0 radical (unpaired) electrons. The van der Waals surface area contributed by atoms with Crippen LogP contribution in [0.5, 0.6) is 5.75 Å². The van der Waals surface area contributed by atoms with E-state index >= 15 is 0 Å². The molecule has 0 amide bonds. The number of hydrogen-bond donors (Lipinski definition) is 2. The molecule has 2 N–H and O–H groups in total. The number of aromatic hydroxyl groups is 1.